The van der Waals surface area contributed by atoms with Gasteiger partial charge in [-0.3, -0.25) is 9.89 Å². The van der Waals surface area contributed by atoms with Crippen molar-refractivity contribution in [3.8, 4) is 17.0 Å². The van der Waals surface area contributed by atoms with E-state index in [9.17, 15) is 4.79 Å². The largest absolute Gasteiger partial charge is 0.497 e. The van der Waals surface area contributed by atoms with E-state index < -0.39 is 0 Å². The molecule has 2 aromatic heterocycles. The lowest BCUT2D eigenvalue weighted by atomic mass is 10.1. The van der Waals surface area contributed by atoms with E-state index in [2.05, 4.69) is 20.7 Å². The first-order valence-electron chi connectivity index (χ1n) is 7.25. The molecular formula is C17H16N4O2S. The van der Waals surface area contributed by atoms with Crippen LogP contribution in [0.2, 0.25) is 0 Å². The van der Waals surface area contributed by atoms with Gasteiger partial charge in [0.15, 0.2) is 0 Å². The van der Waals surface area contributed by atoms with Crippen molar-refractivity contribution in [1.82, 2.24) is 15.6 Å². The zero-order valence-corrected chi connectivity index (χ0v) is 14.1. The van der Waals surface area contributed by atoms with Gasteiger partial charge < -0.3 is 4.74 Å². The summed E-state index contributed by atoms with van der Waals surface area (Å²) in [6.45, 7) is 1.85. The number of methoxy groups -OCH3 is 1. The average Bonchev–Trinajstić information content (AvgIpc) is 3.24. The fourth-order valence-electron chi connectivity index (χ4n) is 2.22. The monoisotopic (exact) mass is 340 g/mol. The molecular weight excluding hydrogens is 324 g/mol. The van der Waals surface area contributed by atoms with Crippen molar-refractivity contribution < 1.29 is 9.53 Å². The molecule has 3 aromatic rings. The number of benzene rings is 1. The third kappa shape index (κ3) is 3.36. The normalized spacial score (nSPS) is 10.9. The Balaban J connectivity index is 1.74. The van der Waals surface area contributed by atoms with Gasteiger partial charge >= 0.3 is 0 Å². The van der Waals surface area contributed by atoms with Crippen LogP contribution in [0, 0.1) is 6.92 Å². The van der Waals surface area contributed by atoms with Crippen molar-refractivity contribution in [2.75, 3.05) is 7.11 Å². The molecule has 0 fully saturated rings. The molecule has 0 saturated carbocycles. The van der Waals surface area contributed by atoms with E-state index >= 15 is 0 Å². The molecule has 0 atom stereocenters. The molecule has 0 bridgehead atoms. The quantitative estimate of drug-likeness (QED) is 0.553. The summed E-state index contributed by atoms with van der Waals surface area (Å²) in [4.78, 5) is 13.2. The Morgan fingerprint density at radius 1 is 1.33 bits per heavy atom. The SMILES string of the molecule is COc1ccc(-c2n[nH]c(C(=O)NN=Cc3cccs3)c2C)cc1. The molecule has 1 aromatic carbocycles. The Bertz CT molecular complexity index is 851. The maximum Gasteiger partial charge on any atom is 0.289 e. The summed E-state index contributed by atoms with van der Waals surface area (Å²) in [6.07, 6.45) is 1.61. The summed E-state index contributed by atoms with van der Waals surface area (Å²) < 4.78 is 5.15. The summed E-state index contributed by atoms with van der Waals surface area (Å²) in [5.41, 5.74) is 5.30. The van der Waals surface area contributed by atoms with Crippen molar-refractivity contribution in [1.29, 1.82) is 0 Å². The van der Waals surface area contributed by atoms with Gasteiger partial charge in [-0.1, -0.05) is 6.07 Å². The number of carbonyl (C=O) groups is 1. The topological polar surface area (TPSA) is 79.4 Å². The van der Waals surface area contributed by atoms with Gasteiger partial charge in [-0.25, -0.2) is 5.43 Å². The second-order valence-corrected chi connectivity index (χ2v) is 5.99. The Morgan fingerprint density at radius 2 is 2.12 bits per heavy atom. The van der Waals surface area contributed by atoms with E-state index in [4.69, 9.17) is 4.74 Å². The highest BCUT2D eigenvalue weighted by molar-refractivity contribution is 7.11. The van der Waals surface area contributed by atoms with Crippen LogP contribution < -0.4 is 10.2 Å². The van der Waals surface area contributed by atoms with E-state index in [0.717, 1.165) is 27.4 Å². The molecule has 0 aliphatic heterocycles. The summed E-state index contributed by atoms with van der Waals surface area (Å²) in [5, 5.41) is 12.9. The minimum atomic E-state index is -0.326. The highest BCUT2D eigenvalue weighted by Crippen LogP contribution is 2.25. The standard InChI is InChI=1S/C17H16N4O2S/c1-11-15(12-5-7-13(23-2)8-6-12)19-20-16(11)17(22)21-18-10-14-4-3-9-24-14/h3-10H,1-2H3,(H,19,20)(H,21,22). The number of thiophene rings is 1. The number of nitrogens with one attached hydrogen (secondary N) is 2. The van der Waals surface area contributed by atoms with Gasteiger partial charge in [0, 0.05) is 16.0 Å². The summed E-state index contributed by atoms with van der Waals surface area (Å²) in [7, 11) is 1.62. The predicted octanol–water partition coefficient (Wildman–Crippen LogP) is 3.22. The Labute approximate surface area is 143 Å². The van der Waals surface area contributed by atoms with Crippen LogP contribution in [0.15, 0.2) is 46.9 Å². The molecule has 3 rings (SSSR count). The van der Waals surface area contributed by atoms with Gasteiger partial charge in [-0.05, 0) is 42.6 Å². The van der Waals surface area contributed by atoms with E-state index in [1.807, 2.05) is 48.7 Å². The van der Waals surface area contributed by atoms with Crippen LogP contribution in [0.3, 0.4) is 0 Å². The van der Waals surface area contributed by atoms with Crippen molar-refractivity contribution in [3.05, 3.63) is 57.9 Å². The maximum atomic E-state index is 12.2. The summed E-state index contributed by atoms with van der Waals surface area (Å²) >= 11 is 1.55. The Kier molecular flexibility index (Phi) is 4.72. The molecule has 6 nitrogen and oxygen atoms in total. The van der Waals surface area contributed by atoms with Crippen molar-refractivity contribution in [3.63, 3.8) is 0 Å². The molecule has 1 amide bonds. The highest BCUT2D eigenvalue weighted by Gasteiger charge is 2.16. The third-order valence-corrected chi connectivity index (χ3v) is 4.31. The first kappa shape index (κ1) is 15.9. The second-order valence-electron chi connectivity index (χ2n) is 5.02. The Hall–Kier alpha value is -2.93. The first-order chi connectivity index (χ1) is 11.7. The van der Waals surface area contributed by atoms with Gasteiger partial charge in [0.1, 0.15) is 11.4 Å². The maximum absolute atomic E-state index is 12.2. The van der Waals surface area contributed by atoms with Crippen molar-refractivity contribution >= 4 is 23.5 Å². The number of aromatic nitrogens is 2. The molecule has 24 heavy (non-hydrogen) atoms. The lowest BCUT2D eigenvalue weighted by Crippen LogP contribution is -2.19. The molecule has 2 N–H and O–H groups in total. The first-order valence-corrected chi connectivity index (χ1v) is 8.13. The fourth-order valence-corrected chi connectivity index (χ4v) is 2.81. The lowest BCUT2D eigenvalue weighted by Gasteiger charge is -2.02. The average molecular weight is 340 g/mol. The number of H-pyrrole nitrogens is 1. The molecule has 0 radical (unpaired) electrons. The molecule has 0 saturated heterocycles. The van der Waals surface area contributed by atoms with E-state index in [-0.39, 0.29) is 5.91 Å². The third-order valence-electron chi connectivity index (χ3n) is 3.50. The van der Waals surface area contributed by atoms with Crippen LogP contribution in [-0.2, 0) is 0 Å². The number of nitrogens with zero attached hydrogens (tertiary/aromatic N) is 2. The van der Waals surface area contributed by atoms with E-state index in [1.165, 1.54) is 0 Å². The van der Waals surface area contributed by atoms with Crippen LogP contribution in [0.1, 0.15) is 20.9 Å². The van der Waals surface area contributed by atoms with Crippen molar-refractivity contribution in [2.45, 2.75) is 6.92 Å². The van der Waals surface area contributed by atoms with Gasteiger partial charge in [-0.2, -0.15) is 10.2 Å². The van der Waals surface area contributed by atoms with Crippen LogP contribution in [0.5, 0.6) is 5.75 Å². The summed E-state index contributed by atoms with van der Waals surface area (Å²) in [6, 6.07) is 11.4. The molecule has 2 heterocycles. The lowest BCUT2D eigenvalue weighted by molar-refractivity contribution is 0.0949. The molecule has 0 spiro atoms. The zero-order chi connectivity index (χ0) is 16.9. The number of hydrogen-bond donors (Lipinski definition) is 2. The smallest absolute Gasteiger partial charge is 0.289 e. The minimum absolute atomic E-state index is 0.326. The van der Waals surface area contributed by atoms with Gasteiger partial charge in [0.25, 0.3) is 5.91 Å². The number of aromatic amines is 1. The molecule has 0 aliphatic carbocycles. The minimum Gasteiger partial charge on any atom is -0.497 e. The predicted molar refractivity (Wildman–Crippen MR) is 94.7 cm³/mol. The number of amides is 1. The number of carbonyl (C=O) groups excluding carboxylic acids is 1. The Morgan fingerprint density at radius 3 is 2.79 bits per heavy atom. The van der Waals surface area contributed by atoms with Crippen LogP contribution in [0.4, 0.5) is 0 Å². The highest BCUT2D eigenvalue weighted by atomic mass is 32.1. The van der Waals surface area contributed by atoms with Crippen LogP contribution >= 0.6 is 11.3 Å². The van der Waals surface area contributed by atoms with E-state index in [1.54, 1.807) is 24.7 Å². The van der Waals surface area contributed by atoms with Gasteiger partial charge in [0.2, 0.25) is 0 Å². The second kappa shape index (κ2) is 7.10. The number of hydrazone groups is 1. The number of ether oxygens (including phenoxy) is 1. The number of rotatable bonds is 5. The van der Waals surface area contributed by atoms with Gasteiger partial charge in [0.05, 0.1) is 19.0 Å². The molecule has 0 aliphatic rings. The van der Waals surface area contributed by atoms with E-state index in [0.29, 0.717) is 5.69 Å². The molecule has 0 unspecified atom stereocenters. The van der Waals surface area contributed by atoms with Crippen molar-refractivity contribution in [2.24, 2.45) is 5.10 Å². The molecule has 7 heteroatoms. The number of hydrogen-bond acceptors (Lipinski definition) is 5. The van der Waals surface area contributed by atoms with Crippen LogP contribution in [0.25, 0.3) is 11.3 Å². The van der Waals surface area contributed by atoms with Gasteiger partial charge in [-0.15, -0.1) is 11.3 Å². The fraction of sp³-hybridized carbons (Fsp3) is 0.118. The molecule has 122 valence electrons. The summed E-state index contributed by atoms with van der Waals surface area (Å²) in [5.74, 6) is 0.445. The van der Waals surface area contributed by atoms with Crippen LogP contribution in [-0.4, -0.2) is 29.4 Å². The zero-order valence-electron chi connectivity index (χ0n) is 13.2.